The molecular formula is C23H41IN4O2. The molecule has 0 bridgehead atoms. The number of aliphatic imine (C=N–C) groups is 1. The first-order valence-corrected chi connectivity index (χ1v) is 11.0. The number of piperidine rings is 1. The number of unbranched alkanes of at least 4 members (excludes halogenated alkanes) is 1. The molecular weight excluding hydrogens is 491 g/mol. The van der Waals surface area contributed by atoms with Gasteiger partial charge in [-0.2, -0.15) is 0 Å². The highest BCUT2D eigenvalue weighted by Gasteiger charge is 2.17. The van der Waals surface area contributed by atoms with Crippen LogP contribution in [0.3, 0.4) is 0 Å². The van der Waals surface area contributed by atoms with Crippen molar-refractivity contribution >= 4 is 29.9 Å². The van der Waals surface area contributed by atoms with Crippen LogP contribution in [0.4, 0.5) is 0 Å². The summed E-state index contributed by atoms with van der Waals surface area (Å²) in [5.41, 5.74) is 1.22. The summed E-state index contributed by atoms with van der Waals surface area (Å²) in [4.78, 5) is 9.27. The minimum atomic E-state index is 0. The molecule has 1 fully saturated rings. The van der Waals surface area contributed by atoms with E-state index in [0.29, 0.717) is 0 Å². The van der Waals surface area contributed by atoms with Crippen molar-refractivity contribution in [1.29, 1.82) is 0 Å². The summed E-state index contributed by atoms with van der Waals surface area (Å²) in [6.07, 6.45) is 7.45. The SMILES string of the molecule is CN=C(NCCCCN1CCCCC1C)N(C)CCc1ccc(OC)c(OC)c1.I. The molecule has 1 aromatic carbocycles. The first-order chi connectivity index (χ1) is 14.1. The number of hydrogen-bond donors (Lipinski definition) is 1. The average molecular weight is 533 g/mol. The summed E-state index contributed by atoms with van der Waals surface area (Å²) >= 11 is 0. The van der Waals surface area contributed by atoms with E-state index in [1.165, 1.54) is 50.8 Å². The molecule has 1 saturated heterocycles. The normalized spacial score (nSPS) is 17.2. The number of guanidine groups is 1. The molecule has 0 aliphatic carbocycles. The lowest BCUT2D eigenvalue weighted by atomic mass is 10.0. The van der Waals surface area contributed by atoms with Gasteiger partial charge in [-0.3, -0.25) is 4.99 Å². The topological polar surface area (TPSA) is 49.3 Å². The van der Waals surface area contributed by atoms with Gasteiger partial charge in [0.05, 0.1) is 14.2 Å². The van der Waals surface area contributed by atoms with E-state index in [0.717, 1.165) is 43.0 Å². The molecule has 1 heterocycles. The van der Waals surface area contributed by atoms with Crippen LogP contribution in [0.5, 0.6) is 11.5 Å². The highest BCUT2D eigenvalue weighted by atomic mass is 127. The van der Waals surface area contributed by atoms with E-state index >= 15 is 0 Å². The quantitative estimate of drug-likeness (QED) is 0.214. The summed E-state index contributed by atoms with van der Waals surface area (Å²) < 4.78 is 10.7. The monoisotopic (exact) mass is 532 g/mol. The second-order valence-corrected chi connectivity index (χ2v) is 7.92. The van der Waals surface area contributed by atoms with Crippen LogP contribution in [0.25, 0.3) is 0 Å². The van der Waals surface area contributed by atoms with Gasteiger partial charge in [0.15, 0.2) is 17.5 Å². The average Bonchev–Trinajstić information content (AvgIpc) is 2.75. The van der Waals surface area contributed by atoms with E-state index in [1.54, 1.807) is 14.2 Å². The van der Waals surface area contributed by atoms with Crippen LogP contribution in [0, 0.1) is 0 Å². The van der Waals surface area contributed by atoms with Gasteiger partial charge >= 0.3 is 0 Å². The largest absolute Gasteiger partial charge is 0.493 e. The lowest BCUT2D eigenvalue weighted by molar-refractivity contribution is 0.158. The van der Waals surface area contributed by atoms with Gasteiger partial charge in [-0.1, -0.05) is 12.5 Å². The van der Waals surface area contributed by atoms with E-state index < -0.39 is 0 Å². The Labute approximate surface area is 200 Å². The number of nitrogens with zero attached hydrogens (tertiary/aromatic N) is 3. The molecule has 30 heavy (non-hydrogen) atoms. The third kappa shape index (κ3) is 8.49. The van der Waals surface area contributed by atoms with E-state index in [2.05, 4.69) is 40.1 Å². The van der Waals surface area contributed by atoms with Gasteiger partial charge in [0, 0.05) is 33.2 Å². The molecule has 1 atom stereocenters. The predicted octanol–water partition coefficient (Wildman–Crippen LogP) is 4.03. The summed E-state index contributed by atoms with van der Waals surface area (Å²) in [5.74, 6) is 2.50. The van der Waals surface area contributed by atoms with Gasteiger partial charge in [-0.15, -0.1) is 24.0 Å². The molecule has 2 rings (SSSR count). The summed E-state index contributed by atoms with van der Waals surface area (Å²) in [6.45, 7) is 6.72. The third-order valence-corrected chi connectivity index (χ3v) is 5.85. The van der Waals surface area contributed by atoms with Crippen molar-refractivity contribution in [2.24, 2.45) is 4.99 Å². The van der Waals surface area contributed by atoms with E-state index in [1.807, 2.05) is 19.2 Å². The van der Waals surface area contributed by atoms with E-state index in [-0.39, 0.29) is 24.0 Å². The number of likely N-dealkylation sites (tertiary alicyclic amines) is 1. The molecule has 0 aromatic heterocycles. The van der Waals surface area contributed by atoms with Crippen LogP contribution in [0.15, 0.2) is 23.2 Å². The van der Waals surface area contributed by atoms with Crippen molar-refractivity contribution < 1.29 is 9.47 Å². The number of hydrogen-bond acceptors (Lipinski definition) is 4. The molecule has 1 aromatic rings. The number of likely N-dealkylation sites (N-methyl/N-ethyl adjacent to an activating group) is 1. The maximum absolute atomic E-state index is 5.40. The van der Waals surface area contributed by atoms with Crippen LogP contribution in [-0.2, 0) is 6.42 Å². The highest BCUT2D eigenvalue weighted by molar-refractivity contribution is 14.0. The van der Waals surface area contributed by atoms with Crippen LogP contribution in [-0.4, -0.2) is 76.3 Å². The molecule has 172 valence electrons. The van der Waals surface area contributed by atoms with Crippen LogP contribution in [0.2, 0.25) is 0 Å². The van der Waals surface area contributed by atoms with Crippen molar-refractivity contribution in [3.8, 4) is 11.5 Å². The van der Waals surface area contributed by atoms with Crippen molar-refractivity contribution in [3.05, 3.63) is 23.8 Å². The number of methoxy groups -OCH3 is 2. The Bertz CT molecular complexity index is 642. The standard InChI is InChI=1S/C23H40N4O2.HI/c1-19-10-6-8-15-27(19)16-9-7-14-25-23(24-2)26(3)17-13-20-11-12-21(28-4)22(18-20)29-5;/h11-12,18-19H,6-10,13-17H2,1-5H3,(H,24,25);1H. The van der Waals surface area contributed by atoms with Crippen molar-refractivity contribution in [2.45, 2.75) is 51.5 Å². The second kappa shape index (κ2) is 14.7. The lowest BCUT2D eigenvalue weighted by Crippen LogP contribution is -2.41. The molecule has 0 amide bonds. The zero-order valence-corrected chi connectivity index (χ0v) is 21.8. The maximum Gasteiger partial charge on any atom is 0.193 e. The number of nitrogens with one attached hydrogen (secondary N) is 1. The van der Waals surface area contributed by atoms with Gasteiger partial charge in [-0.05, 0) is 69.8 Å². The Hall–Kier alpha value is -1.22. The summed E-state index contributed by atoms with van der Waals surface area (Å²) in [7, 11) is 7.27. The van der Waals surface area contributed by atoms with Gasteiger partial charge in [0.25, 0.3) is 0 Å². The molecule has 1 aliphatic rings. The van der Waals surface area contributed by atoms with Crippen LogP contribution >= 0.6 is 24.0 Å². The van der Waals surface area contributed by atoms with Crippen LogP contribution < -0.4 is 14.8 Å². The molecule has 7 heteroatoms. The Kier molecular flexibility index (Phi) is 13.2. The van der Waals surface area contributed by atoms with Crippen molar-refractivity contribution in [1.82, 2.24) is 15.1 Å². The molecule has 1 unspecified atom stereocenters. The summed E-state index contributed by atoms with van der Waals surface area (Å²) in [5, 5.41) is 3.51. The first kappa shape index (κ1) is 26.8. The zero-order chi connectivity index (χ0) is 21.1. The lowest BCUT2D eigenvalue weighted by Gasteiger charge is -2.33. The van der Waals surface area contributed by atoms with E-state index in [4.69, 9.17) is 9.47 Å². The molecule has 1 N–H and O–H groups in total. The Balaban J connectivity index is 0.00000450. The highest BCUT2D eigenvalue weighted by Crippen LogP contribution is 2.27. The minimum absolute atomic E-state index is 0. The minimum Gasteiger partial charge on any atom is -0.493 e. The molecule has 6 nitrogen and oxygen atoms in total. The molecule has 0 spiro atoms. The number of ether oxygens (including phenoxy) is 2. The van der Waals surface area contributed by atoms with Gasteiger partial charge in [0.1, 0.15) is 0 Å². The van der Waals surface area contributed by atoms with Crippen molar-refractivity contribution in [2.75, 3.05) is 54.5 Å². The number of rotatable bonds is 10. The van der Waals surface area contributed by atoms with Gasteiger partial charge in [-0.25, -0.2) is 0 Å². The number of halogens is 1. The zero-order valence-electron chi connectivity index (χ0n) is 19.4. The van der Waals surface area contributed by atoms with Gasteiger partial charge in [0.2, 0.25) is 0 Å². The second-order valence-electron chi connectivity index (χ2n) is 7.92. The predicted molar refractivity (Wildman–Crippen MR) is 137 cm³/mol. The Morgan fingerprint density at radius 2 is 1.97 bits per heavy atom. The molecule has 1 aliphatic heterocycles. The fourth-order valence-electron chi connectivity index (χ4n) is 3.95. The molecule has 0 saturated carbocycles. The summed E-state index contributed by atoms with van der Waals surface area (Å²) in [6, 6.07) is 6.86. The smallest absolute Gasteiger partial charge is 0.193 e. The Morgan fingerprint density at radius 1 is 1.20 bits per heavy atom. The van der Waals surface area contributed by atoms with Gasteiger partial charge < -0.3 is 24.6 Å². The first-order valence-electron chi connectivity index (χ1n) is 11.0. The van der Waals surface area contributed by atoms with Crippen molar-refractivity contribution in [3.63, 3.8) is 0 Å². The Morgan fingerprint density at radius 3 is 2.63 bits per heavy atom. The fraction of sp³-hybridized carbons (Fsp3) is 0.696. The number of benzene rings is 1. The maximum atomic E-state index is 5.40. The van der Waals surface area contributed by atoms with Crippen LogP contribution in [0.1, 0.15) is 44.6 Å². The molecule has 0 radical (unpaired) electrons. The third-order valence-electron chi connectivity index (χ3n) is 5.85. The van der Waals surface area contributed by atoms with E-state index in [9.17, 15) is 0 Å². The fourth-order valence-corrected chi connectivity index (χ4v) is 3.95.